The van der Waals surface area contributed by atoms with E-state index in [0.29, 0.717) is 6.42 Å². The summed E-state index contributed by atoms with van der Waals surface area (Å²) in [5, 5.41) is 16.5. The summed E-state index contributed by atoms with van der Waals surface area (Å²) in [6, 6.07) is -0.388. The molecule has 0 rings (SSSR count). The molecular formula is C5H11NO3. The first-order valence-electron chi connectivity index (χ1n) is 2.75. The zero-order valence-electron chi connectivity index (χ0n) is 5.08. The van der Waals surface area contributed by atoms with Gasteiger partial charge in [0, 0.05) is 12.5 Å². The van der Waals surface area contributed by atoms with Gasteiger partial charge in [-0.15, -0.1) is 0 Å². The van der Waals surface area contributed by atoms with Gasteiger partial charge in [-0.3, -0.25) is 4.79 Å². The van der Waals surface area contributed by atoms with E-state index in [-0.39, 0.29) is 19.1 Å². The fourth-order valence-corrected chi connectivity index (χ4v) is 0.400. The summed E-state index contributed by atoms with van der Waals surface area (Å²) in [5.41, 5.74) is 5.21. The van der Waals surface area contributed by atoms with Crippen molar-refractivity contribution in [2.24, 2.45) is 5.73 Å². The number of hydrogen-bond donors (Lipinski definition) is 3. The fourth-order valence-electron chi connectivity index (χ4n) is 0.400. The van der Waals surface area contributed by atoms with Crippen LogP contribution in [-0.4, -0.2) is 28.8 Å². The molecule has 0 aliphatic carbocycles. The second-order valence-corrected chi connectivity index (χ2v) is 1.88. The highest BCUT2D eigenvalue weighted by Gasteiger charge is 2.02. The molecule has 0 spiro atoms. The van der Waals surface area contributed by atoms with Crippen molar-refractivity contribution in [3.63, 3.8) is 0 Å². The summed E-state index contributed by atoms with van der Waals surface area (Å²) in [4.78, 5) is 9.88. The number of aliphatic carboxylic acids is 1. The molecule has 4 N–H and O–H groups in total. The van der Waals surface area contributed by atoms with Crippen LogP contribution in [0, 0.1) is 0 Å². The summed E-state index contributed by atoms with van der Waals surface area (Å²) in [5.74, 6) is -0.876. The number of carboxylic acid groups (broad SMARTS) is 1. The lowest BCUT2D eigenvalue weighted by molar-refractivity contribution is -0.137. The van der Waals surface area contributed by atoms with Gasteiger partial charge in [-0.1, -0.05) is 0 Å². The number of nitrogens with two attached hydrogens (primary N) is 1. The maximum Gasteiger partial charge on any atom is 0.303 e. The number of rotatable bonds is 4. The lowest BCUT2D eigenvalue weighted by Gasteiger charge is -2.03. The molecule has 0 aromatic carbocycles. The number of carbonyl (C=O) groups is 1. The standard InChI is InChI=1S/C5H11NO3/c6-4(3-7)1-2-5(8)9/h4,7H,1-3,6H2,(H,8,9)/t4-/m0/s1. The Morgan fingerprint density at radius 2 is 2.22 bits per heavy atom. The Bertz CT molecular complexity index is 94.2. The average Bonchev–Trinajstić information content (AvgIpc) is 1.83. The minimum absolute atomic E-state index is 0.0295. The van der Waals surface area contributed by atoms with Crippen LogP contribution in [0.4, 0.5) is 0 Å². The highest BCUT2D eigenvalue weighted by atomic mass is 16.4. The molecule has 0 bridgehead atoms. The van der Waals surface area contributed by atoms with Gasteiger partial charge in [0.15, 0.2) is 0 Å². The van der Waals surface area contributed by atoms with Crippen molar-refractivity contribution in [2.75, 3.05) is 6.61 Å². The first kappa shape index (κ1) is 8.39. The van der Waals surface area contributed by atoms with Crippen molar-refractivity contribution in [3.05, 3.63) is 0 Å². The van der Waals surface area contributed by atoms with Gasteiger partial charge in [0.1, 0.15) is 0 Å². The monoisotopic (exact) mass is 133 g/mol. The second-order valence-electron chi connectivity index (χ2n) is 1.88. The first-order valence-corrected chi connectivity index (χ1v) is 2.75. The van der Waals surface area contributed by atoms with E-state index in [2.05, 4.69) is 0 Å². The van der Waals surface area contributed by atoms with Crippen molar-refractivity contribution in [1.29, 1.82) is 0 Å². The normalized spacial score (nSPS) is 13.1. The molecule has 0 aliphatic heterocycles. The third kappa shape index (κ3) is 5.26. The molecule has 4 nitrogen and oxygen atoms in total. The van der Waals surface area contributed by atoms with Gasteiger partial charge < -0.3 is 15.9 Å². The molecule has 0 heterocycles. The van der Waals surface area contributed by atoms with E-state index in [1.807, 2.05) is 0 Å². The summed E-state index contributed by atoms with van der Waals surface area (Å²) in [7, 11) is 0. The molecule has 0 radical (unpaired) electrons. The van der Waals surface area contributed by atoms with Crippen LogP contribution in [-0.2, 0) is 4.79 Å². The minimum atomic E-state index is -0.876. The zero-order chi connectivity index (χ0) is 7.28. The van der Waals surface area contributed by atoms with E-state index in [4.69, 9.17) is 15.9 Å². The van der Waals surface area contributed by atoms with Crippen molar-refractivity contribution in [1.82, 2.24) is 0 Å². The number of aliphatic hydroxyl groups is 1. The molecule has 0 unspecified atom stereocenters. The number of carboxylic acids is 1. The molecule has 9 heavy (non-hydrogen) atoms. The maximum absolute atomic E-state index is 9.88. The van der Waals surface area contributed by atoms with Gasteiger partial charge in [0.2, 0.25) is 0 Å². The topological polar surface area (TPSA) is 83.5 Å². The molecular weight excluding hydrogens is 122 g/mol. The van der Waals surface area contributed by atoms with E-state index in [9.17, 15) is 4.79 Å². The minimum Gasteiger partial charge on any atom is -0.481 e. The summed E-state index contributed by atoms with van der Waals surface area (Å²) in [6.07, 6.45) is 0.369. The zero-order valence-corrected chi connectivity index (χ0v) is 5.08. The predicted molar refractivity (Wildman–Crippen MR) is 31.9 cm³/mol. The first-order chi connectivity index (χ1) is 4.16. The average molecular weight is 133 g/mol. The van der Waals surface area contributed by atoms with Gasteiger partial charge in [-0.25, -0.2) is 0 Å². The highest BCUT2D eigenvalue weighted by molar-refractivity contribution is 5.66. The molecule has 0 amide bonds. The molecule has 54 valence electrons. The Kier molecular flexibility index (Phi) is 4.00. The van der Waals surface area contributed by atoms with Crippen LogP contribution in [0.3, 0.4) is 0 Å². The Morgan fingerprint density at radius 3 is 2.56 bits per heavy atom. The Labute approximate surface area is 53.3 Å². The molecule has 0 saturated carbocycles. The summed E-state index contributed by atoms with van der Waals surface area (Å²) >= 11 is 0. The van der Waals surface area contributed by atoms with E-state index >= 15 is 0 Å². The highest BCUT2D eigenvalue weighted by Crippen LogP contribution is 1.91. The second kappa shape index (κ2) is 4.29. The van der Waals surface area contributed by atoms with Crippen LogP contribution in [0.15, 0.2) is 0 Å². The molecule has 0 saturated heterocycles. The van der Waals surface area contributed by atoms with Crippen LogP contribution < -0.4 is 5.73 Å². The maximum atomic E-state index is 9.88. The van der Waals surface area contributed by atoms with Gasteiger partial charge in [0.25, 0.3) is 0 Å². The third-order valence-electron chi connectivity index (χ3n) is 0.964. The molecule has 0 aromatic rings. The van der Waals surface area contributed by atoms with Gasteiger partial charge in [-0.05, 0) is 6.42 Å². The lowest BCUT2D eigenvalue weighted by Crippen LogP contribution is -2.24. The van der Waals surface area contributed by atoms with E-state index < -0.39 is 5.97 Å². The summed E-state index contributed by atoms with van der Waals surface area (Å²) < 4.78 is 0. The Balaban J connectivity index is 3.16. The van der Waals surface area contributed by atoms with Crippen molar-refractivity contribution in [3.8, 4) is 0 Å². The fraction of sp³-hybridized carbons (Fsp3) is 0.800. The molecule has 0 aliphatic rings. The molecule has 0 aromatic heterocycles. The Morgan fingerprint density at radius 1 is 1.67 bits per heavy atom. The van der Waals surface area contributed by atoms with Crippen LogP contribution in [0.1, 0.15) is 12.8 Å². The van der Waals surface area contributed by atoms with Gasteiger partial charge >= 0.3 is 5.97 Å². The molecule has 4 heteroatoms. The third-order valence-corrected chi connectivity index (χ3v) is 0.964. The number of hydrogen-bond acceptors (Lipinski definition) is 3. The SMILES string of the molecule is N[C@H](CO)CCC(=O)O. The number of aliphatic hydroxyl groups excluding tert-OH is 1. The quantitative estimate of drug-likeness (QED) is 0.467. The molecule has 0 fully saturated rings. The van der Waals surface area contributed by atoms with Crippen LogP contribution in [0.2, 0.25) is 0 Å². The smallest absolute Gasteiger partial charge is 0.303 e. The van der Waals surface area contributed by atoms with Crippen LogP contribution in [0.5, 0.6) is 0 Å². The van der Waals surface area contributed by atoms with Crippen molar-refractivity contribution < 1.29 is 15.0 Å². The molecule has 1 atom stereocenters. The summed E-state index contributed by atoms with van der Waals surface area (Å²) in [6.45, 7) is -0.146. The lowest BCUT2D eigenvalue weighted by atomic mass is 10.2. The van der Waals surface area contributed by atoms with E-state index in [1.54, 1.807) is 0 Å². The van der Waals surface area contributed by atoms with Gasteiger partial charge in [-0.2, -0.15) is 0 Å². The van der Waals surface area contributed by atoms with E-state index in [1.165, 1.54) is 0 Å². The van der Waals surface area contributed by atoms with Crippen molar-refractivity contribution >= 4 is 5.97 Å². The van der Waals surface area contributed by atoms with Crippen LogP contribution in [0.25, 0.3) is 0 Å². The Hall–Kier alpha value is -0.610. The van der Waals surface area contributed by atoms with Gasteiger partial charge in [0.05, 0.1) is 6.61 Å². The largest absolute Gasteiger partial charge is 0.481 e. The van der Waals surface area contributed by atoms with Crippen LogP contribution >= 0.6 is 0 Å². The van der Waals surface area contributed by atoms with E-state index in [0.717, 1.165) is 0 Å². The van der Waals surface area contributed by atoms with Crippen molar-refractivity contribution in [2.45, 2.75) is 18.9 Å². The predicted octanol–water partition coefficient (Wildman–Crippen LogP) is -0.829.